The molecule has 0 aliphatic heterocycles. The first-order valence-electron chi connectivity index (χ1n) is 5.85. The summed E-state index contributed by atoms with van der Waals surface area (Å²) in [7, 11) is 0. The Balaban J connectivity index is 2.93. The lowest BCUT2D eigenvalue weighted by molar-refractivity contribution is -0.137. The fraction of sp³-hybridized carbons (Fsp3) is 0.143. The Labute approximate surface area is 120 Å². The number of aromatic amines is 1. The molecule has 3 nitrogen and oxygen atoms in total. The summed E-state index contributed by atoms with van der Waals surface area (Å²) >= 11 is 0. The predicted molar refractivity (Wildman–Crippen MR) is 66.9 cm³/mol. The second-order valence-corrected chi connectivity index (χ2v) is 4.49. The average Bonchev–Trinajstić information content (AvgIpc) is 2.39. The van der Waals surface area contributed by atoms with Gasteiger partial charge in [0.15, 0.2) is 11.6 Å². The molecule has 114 valence electrons. The first-order chi connectivity index (χ1) is 10.1. The molecule has 1 aromatic heterocycles. The van der Waals surface area contributed by atoms with Crippen LogP contribution in [0.5, 0.6) is 0 Å². The first kappa shape index (κ1) is 15.7. The van der Waals surface area contributed by atoms with Crippen LogP contribution in [0.25, 0.3) is 11.1 Å². The smallest absolute Gasteiger partial charge is 0.325 e. The van der Waals surface area contributed by atoms with E-state index >= 15 is 0 Å². The van der Waals surface area contributed by atoms with Gasteiger partial charge in [-0.25, -0.2) is 8.78 Å². The summed E-state index contributed by atoms with van der Waals surface area (Å²) in [5.41, 5.74) is -3.98. The number of pyridine rings is 1. The van der Waals surface area contributed by atoms with Gasteiger partial charge in [-0.3, -0.25) is 4.79 Å². The molecule has 1 N–H and O–H groups in total. The van der Waals surface area contributed by atoms with Crippen LogP contribution in [0.1, 0.15) is 16.8 Å². The molecule has 0 spiro atoms. The van der Waals surface area contributed by atoms with Crippen LogP contribution in [0.15, 0.2) is 23.0 Å². The van der Waals surface area contributed by atoms with E-state index in [0.29, 0.717) is 6.07 Å². The second kappa shape index (κ2) is 5.26. The number of nitrogens with zero attached hydrogens (tertiary/aromatic N) is 1. The van der Waals surface area contributed by atoms with Crippen molar-refractivity contribution < 1.29 is 22.0 Å². The molecule has 0 bridgehead atoms. The standard InChI is InChI=1S/C14H7F5N2O/c1-6-2-7(9(5-20)13(22)21-6)8-3-11(15)12(16)4-10(8)14(17,18)19/h2-4H,1H3,(H,21,22). The van der Waals surface area contributed by atoms with Crippen LogP contribution >= 0.6 is 0 Å². The maximum Gasteiger partial charge on any atom is 0.417 e. The number of benzene rings is 1. The normalized spacial score (nSPS) is 11.3. The third-order valence-corrected chi connectivity index (χ3v) is 2.94. The van der Waals surface area contributed by atoms with Crippen molar-refractivity contribution in [1.82, 2.24) is 4.98 Å². The van der Waals surface area contributed by atoms with E-state index in [-0.39, 0.29) is 11.8 Å². The quantitative estimate of drug-likeness (QED) is 0.819. The Hall–Kier alpha value is -2.69. The van der Waals surface area contributed by atoms with Crippen LogP contribution in [0.2, 0.25) is 0 Å². The topological polar surface area (TPSA) is 56.6 Å². The number of aromatic nitrogens is 1. The molecule has 1 aromatic carbocycles. The van der Waals surface area contributed by atoms with E-state index in [2.05, 4.69) is 4.98 Å². The fourth-order valence-electron chi connectivity index (χ4n) is 2.02. The molecule has 22 heavy (non-hydrogen) atoms. The summed E-state index contributed by atoms with van der Waals surface area (Å²) in [4.78, 5) is 13.9. The van der Waals surface area contributed by atoms with Gasteiger partial charge in [0.2, 0.25) is 0 Å². The molecule has 0 radical (unpaired) electrons. The number of halogens is 5. The number of H-pyrrole nitrogens is 1. The zero-order valence-corrected chi connectivity index (χ0v) is 11.0. The summed E-state index contributed by atoms with van der Waals surface area (Å²) < 4.78 is 65.6. The van der Waals surface area contributed by atoms with Crippen LogP contribution in [0, 0.1) is 29.9 Å². The van der Waals surface area contributed by atoms with Gasteiger partial charge < -0.3 is 4.98 Å². The Morgan fingerprint density at radius 2 is 1.68 bits per heavy atom. The number of alkyl halides is 3. The minimum absolute atomic E-state index is 0.00233. The van der Waals surface area contributed by atoms with Crippen molar-refractivity contribution in [3.05, 3.63) is 57.0 Å². The van der Waals surface area contributed by atoms with Gasteiger partial charge in [-0.05, 0) is 30.7 Å². The van der Waals surface area contributed by atoms with Gasteiger partial charge in [-0.1, -0.05) is 0 Å². The lowest BCUT2D eigenvalue weighted by Gasteiger charge is -2.14. The van der Waals surface area contributed by atoms with Crippen molar-refractivity contribution in [2.24, 2.45) is 0 Å². The lowest BCUT2D eigenvalue weighted by Crippen LogP contribution is -2.15. The molecule has 0 aliphatic carbocycles. The average molecular weight is 314 g/mol. The van der Waals surface area contributed by atoms with Crippen molar-refractivity contribution in [1.29, 1.82) is 5.26 Å². The van der Waals surface area contributed by atoms with Crippen LogP contribution in [-0.4, -0.2) is 4.98 Å². The van der Waals surface area contributed by atoms with Gasteiger partial charge in [0.25, 0.3) is 5.56 Å². The lowest BCUT2D eigenvalue weighted by atomic mass is 9.95. The molecule has 0 fully saturated rings. The van der Waals surface area contributed by atoms with Gasteiger partial charge >= 0.3 is 6.18 Å². The maximum absolute atomic E-state index is 13.4. The van der Waals surface area contributed by atoms with Gasteiger partial charge in [-0.2, -0.15) is 18.4 Å². The van der Waals surface area contributed by atoms with Crippen molar-refractivity contribution in [2.75, 3.05) is 0 Å². The molecule has 0 saturated heterocycles. The zero-order valence-electron chi connectivity index (χ0n) is 11.0. The molecular formula is C14H7F5N2O. The minimum atomic E-state index is -4.98. The van der Waals surface area contributed by atoms with E-state index in [4.69, 9.17) is 5.26 Å². The highest BCUT2D eigenvalue weighted by molar-refractivity contribution is 5.74. The molecule has 0 unspecified atom stereocenters. The number of nitriles is 1. The number of hydrogen-bond donors (Lipinski definition) is 1. The van der Waals surface area contributed by atoms with Crippen LogP contribution in [-0.2, 0) is 6.18 Å². The molecule has 0 atom stereocenters. The predicted octanol–water partition coefficient (Wildman–Crippen LogP) is 3.52. The second-order valence-electron chi connectivity index (χ2n) is 4.49. The SMILES string of the molecule is Cc1cc(-c2cc(F)c(F)cc2C(F)(F)F)c(C#N)c(=O)[nH]1. The fourth-order valence-corrected chi connectivity index (χ4v) is 2.02. The van der Waals surface area contributed by atoms with Crippen LogP contribution in [0.3, 0.4) is 0 Å². The molecule has 1 heterocycles. The molecule has 0 aliphatic rings. The molecule has 2 rings (SSSR count). The molecule has 2 aromatic rings. The van der Waals surface area contributed by atoms with E-state index in [1.165, 1.54) is 13.0 Å². The van der Waals surface area contributed by atoms with Crippen molar-refractivity contribution in [3.63, 3.8) is 0 Å². The van der Waals surface area contributed by atoms with Crippen LogP contribution < -0.4 is 5.56 Å². The number of nitrogens with one attached hydrogen (secondary N) is 1. The molecule has 0 amide bonds. The Bertz CT molecular complexity index is 846. The number of aryl methyl sites for hydroxylation is 1. The monoisotopic (exact) mass is 314 g/mol. The van der Waals surface area contributed by atoms with E-state index in [9.17, 15) is 26.7 Å². The van der Waals surface area contributed by atoms with E-state index in [0.717, 1.165) is 6.07 Å². The first-order valence-corrected chi connectivity index (χ1v) is 5.85. The summed E-state index contributed by atoms with van der Waals surface area (Å²) in [6.45, 7) is 1.39. The van der Waals surface area contributed by atoms with Gasteiger partial charge in [0.05, 0.1) is 5.56 Å². The zero-order chi connectivity index (χ0) is 16.7. The van der Waals surface area contributed by atoms with E-state index in [1.807, 2.05) is 0 Å². The highest BCUT2D eigenvalue weighted by Crippen LogP contribution is 2.38. The highest BCUT2D eigenvalue weighted by atomic mass is 19.4. The highest BCUT2D eigenvalue weighted by Gasteiger charge is 2.35. The Morgan fingerprint density at radius 3 is 2.23 bits per heavy atom. The van der Waals surface area contributed by atoms with Crippen molar-refractivity contribution in [3.8, 4) is 17.2 Å². The molecule has 8 heteroatoms. The summed E-state index contributed by atoms with van der Waals surface area (Å²) in [6, 6.07) is 2.90. The van der Waals surface area contributed by atoms with E-state index in [1.54, 1.807) is 0 Å². The summed E-state index contributed by atoms with van der Waals surface area (Å²) in [5.74, 6) is -3.18. The summed E-state index contributed by atoms with van der Waals surface area (Å²) in [6.07, 6.45) is -4.98. The Kier molecular flexibility index (Phi) is 3.75. The largest absolute Gasteiger partial charge is 0.417 e. The van der Waals surface area contributed by atoms with Gasteiger partial charge in [-0.15, -0.1) is 0 Å². The minimum Gasteiger partial charge on any atom is -0.325 e. The van der Waals surface area contributed by atoms with E-state index < -0.39 is 45.6 Å². The number of rotatable bonds is 1. The van der Waals surface area contributed by atoms with Crippen molar-refractivity contribution >= 4 is 0 Å². The molecular weight excluding hydrogens is 307 g/mol. The third-order valence-electron chi connectivity index (χ3n) is 2.94. The van der Waals surface area contributed by atoms with Gasteiger partial charge in [0, 0.05) is 11.3 Å². The van der Waals surface area contributed by atoms with Gasteiger partial charge in [0.1, 0.15) is 11.6 Å². The molecule has 0 saturated carbocycles. The van der Waals surface area contributed by atoms with Crippen molar-refractivity contribution in [2.45, 2.75) is 13.1 Å². The third kappa shape index (κ3) is 2.70. The maximum atomic E-state index is 13.4. The summed E-state index contributed by atoms with van der Waals surface area (Å²) in [5, 5.41) is 8.95. The van der Waals surface area contributed by atoms with Crippen LogP contribution in [0.4, 0.5) is 22.0 Å². The Morgan fingerprint density at radius 1 is 1.09 bits per heavy atom. The number of hydrogen-bond acceptors (Lipinski definition) is 2.